The van der Waals surface area contributed by atoms with Gasteiger partial charge in [0.1, 0.15) is 5.76 Å². The first kappa shape index (κ1) is 17.5. The molecule has 1 heterocycles. The Morgan fingerprint density at radius 2 is 2.17 bits per heavy atom. The molecule has 5 nitrogen and oxygen atoms in total. The van der Waals surface area contributed by atoms with Gasteiger partial charge in [-0.3, -0.25) is 4.79 Å². The van der Waals surface area contributed by atoms with Crippen molar-refractivity contribution in [2.75, 3.05) is 6.61 Å². The van der Waals surface area contributed by atoms with Crippen LogP contribution in [0.5, 0.6) is 11.5 Å². The van der Waals surface area contributed by atoms with Gasteiger partial charge in [-0.05, 0) is 42.8 Å². The molecule has 0 aliphatic rings. The van der Waals surface area contributed by atoms with E-state index in [1.807, 2.05) is 0 Å². The number of benzene rings is 1. The van der Waals surface area contributed by atoms with Crippen LogP contribution in [0.15, 0.2) is 47.1 Å². The molecule has 128 valence electrons. The number of rotatable bonds is 8. The van der Waals surface area contributed by atoms with E-state index in [-0.39, 0.29) is 24.0 Å². The van der Waals surface area contributed by atoms with E-state index >= 15 is 0 Å². The van der Waals surface area contributed by atoms with E-state index < -0.39 is 6.61 Å². The van der Waals surface area contributed by atoms with Crippen LogP contribution in [-0.4, -0.2) is 19.1 Å². The highest BCUT2D eigenvalue weighted by molar-refractivity contribution is 5.91. The molecule has 0 atom stereocenters. The van der Waals surface area contributed by atoms with Crippen LogP contribution in [0.25, 0.3) is 6.08 Å². The average Bonchev–Trinajstić information content (AvgIpc) is 3.06. The first-order valence-electron chi connectivity index (χ1n) is 7.28. The fraction of sp³-hybridized carbons (Fsp3) is 0.235. The van der Waals surface area contributed by atoms with E-state index in [0.29, 0.717) is 17.9 Å². The Morgan fingerprint density at radius 1 is 1.33 bits per heavy atom. The quantitative estimate of drug-likeness (QED) is 0.748. The molecule has 0 aliphatic heterocycles. The number of hydrogen-bond acceptors (Lipinski definition) is 4. The second kappa shape index (κ2) is 8.71. The van der Waals surface area contributed by atoms with Crippen molar-refractivity contribution in [2.24, 2.45) is 0 Å². The summed E-state index contributed by atoms with van der Waals surface area (Å²) in [6.07, 6.45) is 4.41. The van der Waals surface area contributed by atoms with Gasteiger partial charge in [-0.25, -0.2) is 0 Å². The molecule has 2 rings (SSSR count). The van der Waals surface area contributed by atoms with Crippen molar-refractivity contribution < 1.29 is 27.5 Å². The summed E-state index contributed by atoms with van der Waals surface area (Å²) in [7, 11) is 0. The first-order chi connectivity index (χ1) is 11.6. The van der Waals surface area contributed by atoms with Gasteiger partial charge >= 0.3 is 6.61 Å². The average molecular weight is 337 g/mol. The molecule has 0 bridgehead atoms. The second-order valence-corrected chi connectivity index (χ2v) is 4.65. The van der Waals surface area contributed by atoms with Crippen LogP contribution >= 0.6 is 0 Å². The lowest BCUT2D eigenvalue weighted by molar-refractivity contribution is -0.116. The van der Waals surface area contributed by atoms with Gasteiger partial charge in [-0.2, -0.15) is 8.78 Å². The molecule has 0 saturated heterocycles. The van der Waals surface area contributed by atoms with Crippen molar-refractivity contribution >= 4 is 12.0 Å². The predicted octanol–water partition coefficient (Wildman–Crippen LogP) is 3.61. The lowest BCUT2D eigenvalue weighted by atomic mass is 10.2. The molecule has 0 aliphatic carbocycles. The third-order valence-electron chi connectivity index (χ3n) is 2.93. The van der Waals surface area contributed by atoms with Crippen LogP contribution in [0.3, 0.4) is 0 Å². The van der Waals surface area contributed by atoms with Gasteiger partial charge in [-0.15, -0.1) is 0 Å². The van der Waals surface area contributed by atoms with Gasteiger partial charge in [0.05, 0.1) is 19.4 Å². The highest BCUT2D eigenvalue weighted by atomic mass is 19.3. The second-order valence-electron chi connectivity index (χ2n) is 4.65. The highest BCUT2D eigenvalue weighted by Gasteiger charge is 2.11. The Hall–Kier alpha value is -2.83. The summed E-state index contributed by atoms with van der Waals surface area (Å²) in [5.41, 5.74) is 0.619. The minimum Gasteiger partial charge on any atom is -0.490 e. The van der Waals surface area contributed by atoms with E-state index in [4.69, 9.17) is 9.15 Å². The number of carbonyl (C=O) groups is 1. The van der Waals surface area contributed by atoms with E-state index in [9.17, 15) is 13.6 Å². The maximum atomic E-state index is 12.3. The van der Waals surface area contributed by atoms with Crippen molar-refractivity contribution in [3.8, 4) is 11.5 Å². The Labute approximate surface area is 137 Å². The summed E-state index contributed by atoms with van der Waals surface area (Å²) in [5, 5.41) is 2.66. The molecule has 0 spiro atoms. The Morgan fingerprint density at radius 3 is 2.83 bits per heavy atom. The topological polar surface area (TPSA) is 60.7 Å². The molecule has 1 aromatic carbocycles. The number of ether oxygens (including phenoxy) is 2. The summed E-state index contributed by atoms with van der Waals surface area (Å²) in [6, 6.07) is 7.93. The Balaban J connectivity index is 1.99. The van der Waals surface area contributed by atoms with Crippen LogP contribution in [-0.2, 0) is 11.3 Å². The fourth-order valence-corrected chi connectivity index (χ4v) is 1.91. The van der Waals surface area contributed by atoms with Crippen molar-refractivity contribution in [1.29, 1.82) is 0 Å². The van der Waals surface area contributed by atoms with E-state index in [0.717, 1.165) is 0 Å². The van der Waals surface area contributed by atoms with Gasteiger partial charge in [0.25, 0.3) is 0 Å². The molecular formula is C17H17F2NO4. The molecule has 1 N–H and O–H groups in total. The zero-order valence-electron chi connectivity index (χ0n) is 13.0. The molecule has 1 amide bonds. The van der Waals surface area contributed by atoms with Gasteiger partial charge in [0.2, 0.25) is 5.91 Å². The van der Waals surface area contributed by atoms with Crippen LogP contribution in [0, 0.1) is 0 Å². The van der Waals surface area contributed by atoms with Crippen LogP contribution in [0.4, 0.5) is 8.78 Å². The largest absolute Gasteiger partial charge is 0.490 e. The van der Waals surface area contributed by atoms with Crippen molar-refractivity contribution in [3.63, 3.8) is 0 Å². The molecule has 0 unspecified atom stereocenters. The summed E-state index contributed by atoms with van der Waals surface area (Å²) in [6.45, 7) is -0.618. The number of carbonyl (C=O) groups excluding carboxylic acids is 1. The van der Waals surface area contributed by atoms with Crippen molar-refractivity contribution in [1.82, 2.24) is 5.32 Å². The standard InChI is InChI=1S/C17H17F2NO4/c1-2-22-15-10-12(5-7-14(15)24-17(18)19)6-8-16(21)20-11-13-4-3-9-23-13/h3-10,17H,2,11H2,1H3,(H,20,21)/b8-6+. The normalized spacial score (nSPS) is 11.0. The lowest BCUT2D eigenvalue weighted by Crippen LogP contribution is -2.19. The van der Waals surface area contributed by atoms with Gasteiger partial charge < -0.3 is 19.2 Å². The van der Waals surface area contributed by atoms with Crippen LogP contribution < -0.4 is 14.8 Å². The third-order valence-corrected chi connectivity index (χ3v) is 2.93. The number of amides is 1. The minimum absolute atomic E-state index is 0.0497. The SMILES string of the molecule is CCOc1cc(/C=C/C(=O)NCc2ccco2)ccc1OC(F)F. The van der Waals surface area contributed by atoms with E-state index in [1.54, 1.807) is 31.2 Å². The number of nitrogens with one attached hydrogen (secondary N) is 1. The number of hydrogen-bond donors (Lipinski definition) is 1. The summed E-state index contributed by atoms with van der Waals surface area (Å²) in [4.78, 5) is 11.7. The molecule has 0 saturated carbocycles. The smallest absolute Gasteiger partial charge is 0.387 e. The van der Waals surface area contributed by atoms with Gasteiger partial charge in [0.15, 0.2) is 11.5 Å². The zero-order chi connectivity index (χ0) is 17.4. The monoisotopic (exact) mass is 337 g/mol. The molecule has 1 aromatic heterocycles. The molecular weight excluding hydrogens is 320 g/mol. The third kappa shape index (κ3) is 5.42. The Bertz CT molecular complexity index is 684. The number of furan rings is 1. The molecule has 0 radical (unpaired) electrons. The number of alkyl halides is 2. The molecule has 7 heteroatoms. The van der Waals surface area contributed by atoms with Crippen LogP contribution in [0.2, 0.25) is 0 Å². The maximum absolute atomic E-state index is 12.3. The van der Waals surface area contributed by atoms with Gasteiger partial charge in [-0.1, -0.05) is 6.07 Å². The minimum atomic E-state index is -2.93. The van der Waals surface area contributed by atoms with Gasteiger partial charge in [0, 0.05) is 6.08 Å². The zero-order valence-corrected chi connectivity index (χ0v) is 13.0. The summed E-state index contributed by atoms with van der Waals surface area (Å²) in [5.74, 6) is 0.475. The molecule has 2 aromatic rings. The predicted molar refractivity (Wildman–Crippen MR) is 83.8 cm³/mol. The first-order valence-corrected chi connectivity index (χ1v) is 7.28. The highest BCUT2D eigenvalue weighted by Crippen LogP contribution is 2.30. The fourth-order valence-electron chi connectivity index (χ4n) is 1.91. The molecule has 24 heavy (non-hydrogen) atoms. The Kier molecular flexibility index (Phi) is 6.36. The maximum Gasteiger partial charge on any atom is 0.387 e. The molecule has 0 fully saturated rings. The number of halogens is 2. The van der Waals surface area contributed by atoms with Crippen molar-refractivity contribution in [2.45, 2.75) is 20.1 Å². The summed E-state index contributed by atoms with van der Waals surface area (Å²) >= 11 is 0. The van der Waals surface area contributed by atoms with E-state index in [2.05, 4.69) is 10.1 Å². The van der Waals surface area contributed by atoms with Crippen molar-refractivity contribution in [3.05, 3.63) is 54.0 Å². The van der Waals surface area contributed by atoms with E-state index in [1.165, 1.54) is 24.5 Å². The summed E-state index contributed by atoms with van der Waals surface area (Å²) < 4.78 is 39.5. The lowest BCUT2D eigenvalue weighted by Gasteiger charge is -2.11. The van der Waals surface area contributed by atoms with Crippen LogP contribution in [0.1, 0.15) is 18.2 Å².